The van der Waals surface area contributed by atoms with Crippen LogP contribution in [0.1, 0.15) is 22.6 Å². The van der Waals surface area contributed by atoms with Crippen LogP contribution < -0.4 is 0 Å². The molecule has 0 saturated carbocycles. The van der Waals surface area contributed by atoms with Gasteiger partial charge in [0.2, 0.25) is 0 Å². The molecule has 1 atom stereocenters. The van der Waals surface area contributed by atoms with Crippen molar-refractivity contribution in [2.24, 2.45) is 0 Å². The number of fused-ring (bicyclic) bond motifs is 1. The molecule has 3 rings (SSSR count). The zero-order valence-electron chi connectivity index (χ0n) is 11.0. The van der Waals surface area contributed by atoms with E-state index in [1.54, 1.807) is 6.07 Å². The minimum absolute atomic E-state index is 0.262. The molecule has 2 heterocycles. The van der Waals surface area contributed by atoms with E-state index in [0.29, 0.717) is 5.56 Å². The van der Waals surface area contributed by atoms with E-state index in [9.17, 15) is 4.79 Å². The smallest absolute Gasteiger partial charge is 0.337 e. The molecule has 0 bridgehead atoms. The average molecular weight is 260 g/mol. The van der Waals surface area contributed by atoms with Crippen molar-refractivity contribution in [2.45, 2.75) is 26.0 Å². The van der Waals surface area contributed by atoms with E-state index in [4.69, 9.17) is 9.47 Å². The van der Waals surface area contributed by atoms with Crippen LogP contribution >= 0.6 is 0 Å². The van der Waals surface area contributed by atoms with Gasteiger partial charge >= 0.3 is 5.97 Å². The lowest BCUT2D eigenvalue weighted by molar-refractivity contribution is -0.0589. The van der Waals surface area contributed by atoms with Crippen molar-refractivity contribution in [3.8, 4) is 0 Å². The maximum atomic E-state index is 11.6. The lowest BCUT2D eigenvalue weighted by Gasteiger charge is -2.27. The quantitative estimate of drug-likeness (QED) is 0.791. The van der Waals surface area contributed by atoms with Gasteiger partial charge in [-0.15, -0.1) is 0 Å². The van der Waals surface area contributed by atoms with Crippen LogP contribution in [-0.2, 0) is 16.0 Å². The number of nitrogens with zero attached hydrogens (tertiary/aromatic N) is 2. The summed E-state index contributed by atoms with van der Waals surface area (Å²) in [4.78, 5) is 16.1. The van der Waals surface area contributed by atoms with Crippen LogP contribution in [0.25, 0.3) is 11.0 Å². The fourth-order valence-electron chi connectivity index (χ4n) is 2.35. The van der Waals surface area contributed by atoms with Crippen molar-refractivity contribution in [3.05, 3.63) is 29.6 Å². The summed E-state index contributed by atoms with van der Waals surface area (Å²) in [6.45, 7) is 3.59. The summed E-state index contributed by atoms with van der Waals surface area (Å²) < 4.78 is 12.3. The van der Waals surface area contributed by atoms with Crippen molar-refractivity contribution in [1.29, 1.82) is 0 Å². The molecule has 5 nitrogen and oxygen atoms in total. The molecule has 0 N–H and O–H groups in total. The molecule has 2 aromatic rings. The van der Waals surface area contributed by atoms with E-state index in [0.717, 1.165) is 36.4 Å². The number of carbonyl (C=O) groups excluding carboxylic acids is 1. The Kier molecular flexibility index (Phi) is 2.98. The Morgan fingerprint density at radius 3 is 3.00 bits per heavy atom. The summed E-state index contributed by atoms with van der Waals surface area (Å²) in [6, 6.07) is 5.43. The first-order valence-corrected chi connectivity index (χ1v) is 6.36. The third-order valence-electron chi connectivity index (χ3n) is 3.54. The predicted octanol–water partition coefficient (Wildman–Crippen LogP) is 1.92. The van der Waals surface area contributed by atoms with E-state index in [2.05, 4.69) is 9.55 Å². The summed E-state index contributed by atoms with van der Waals surface area (Å²) in [5.74, 6) is 0.611. The fraction of sp³-hybridized carbons (Fsp3) is 0.429. The SMILES string of the molecule is COC(=O)c1ccc2nc(C)n(C[C@@H]3CCO3)c2c1. The molecule has 0 unspecified atom stereocenters. The number of ether oxygens (including phenoxy) is 2. The summed E-state index contributed by atoms with van der Waals surface area (Å²) in [5, 5.41) is 0. The van der Waals surface area contributed by atoms with Crippen molar-refractivity contribution in [1.82, 2.24) is 9.55 Å². The van der Waals surface area contributed by atoms with Gasteiger partial charge in [-0.3, -0.25) is 0 Å². The summed E-state index contributed by atoms with van der Waals surface area (Å²) in [7, 11) is 1.39. The predicted molar refractivity (Wildman–Crippen MR) is 70.2 cm³/mol. The van der Waals surface area contributed by atoms with E-state index in [1.165, 1.54) is 7.11 Å². The number of aryl methyl sites for hydroxylation is 1. The zero-order valence-corrected chi connectivity index (χ0v) is 11.0. The number of esters is 1. The van der Waals surface area contributed by atoms with Crippen LogP contribution in [0.3, 0.4) is 0 Å². The van der Waals surface area contributed by atoms with Gasteiger partial charge in [-0.2, -0.15) is 0 Å². The second kappa shape index (κ2) is 4.66. The maximum Gasteiger partial charge on any atom is 0.337 e. The fourth-order valence-corrected chi connectivity index (χ4v) is 2.35. The van der Waals surface area contributed by atoms with Crippen LogP contribution in [0.5, 0.6) is 0 Å². The Hall–Kier alpha value is -1.88. The normalized spacial score (nSPS) is 18.3. The van der Waals surface area contributed by atoms with Crippen molar-refractivity contribution < 1.29 is 14.3 Å². The summed E-state index contributed by atoms with van der Waals surface area (Å²) >= 11 is 0. The standard InChI is InChI=1S/C14H16N2O3/c1-9-15-12-4-3-10(14(17)18-2)7-13(12)16(9)8-11-5-6-19-11/h3-4,7,11H,5-6,8H2,1-2H3/t11-/m0/s1. The van der Waals surface area contributed by atoms with Gasteiger partial charge in [0.15, 0.2) is 0 Å². The molecule has 100 valence electrons. The Balaban J connectivity index is 2.03. The van der Waals surface area contributed by atoms with E-state index >= 15 is 0 Å². The van der Waals surface area contributed by atoms with Crippen LogP contribution in [0.15, 0.2) is 18.2 Å². The number of carbonyl (C=O) groups is 1. The van der Waals surface area contributed by atoms with Gasteiger partial charge in [0.25, 0.3) is 0 Å². The van der Waals surface area contributed by atoms with Gasteiger partial charge in [0.1, 0.15) is 5.82 Å². The van der Waals surface area contributed by atoms with Gasteiger partial charge < -0.3 is 14.0 Å². The summed E-state index contributed by atoms with van der Waals surface area (Å²) in [6.07, 6.45) is 1.34. The molecule has 1 aromatic heterocycles. The molecule has 1 fully saturated rings. The minimum Gasteiger partial charge on any atom is -0.465 e. The van der Waals surface area contributed by atoms with Gasteiger partial charge in [0.05, 0.1) is 36.4 Å². The largest absolute Gasteiger partial charge is 0.465 e. The molecule has 5 heteroatoms. The van der Waals surface area contributed by atoms with Crippen LogP contribution in [0, 0.1) is 6.92 Å². The molecule has 0 amide bonds. The van der Waals surface area contributed by atoms with Gasteiger partial charge in [0, 0.05) is 6.61 Å². The van der Waals surface area contributed by atoms with Gasteiger partial charge in [-0.05, 0) is 31.5 Å². The molecule has 19 heavy (non-hydrogen) atoms. The van der Waals surface area contributed by atoms with Crippen molar-refractivity contribution in [3.63, 3.8) is 0 Å². The maximum absolute atomic E-state index is 11.6. The molecule has 1 aromatic carbocycles. The molecular formula is C14H16N2O3. The molecule has 1 saturated heterocycles. The second-order valence-corrected chi connectivity index (χ2v) is 4.75. The second-order valence-electron chi connectivity index (χ2n) is 4.75. The first-order chi connectivity index (χ1) is 9.19. The van der Waals surface area contributed by atoms with E-state index in [-0.39, 0.29) is 12.1 Å². The topological polar surface area (TPSA) is 53.3 Å². The molecule has 1 aliphatic rings. The van der Waals surface area contributed by atoms with Gasteiger partial charge in [-0.25, -0.2) is 9.78 Å². The molecule has 1 aliphatic heterocycles. The molecular weight excluding hydrogens is 244 g/mol. The highest BCUT2D eigenvalue weighted by Gasteiger charge is 2.21. The highest BCUT2D eigenvalue weighted by molar-refractivity contribution is 5.93. The first kappa shape index (κ1) is 12.2. The number of hydrogen-bond acceptors (Lipinski definition) is 4. The van der Waals surface area contributed by atoms with Crippen molar-refractivity contribution >= 4 is 17.0 Å². The zero-order chi connectivity index (χ0) is 13.4. The Morgan fingerprint density at radius 1 is 1.58 bits per heavy atom. The number of aromatic nitrogens is 2. The third-order valence-corrected chi connectivity index (χ3v) is 3.54. The van der Waals surface area contributed by atoms with Crippen LogP contribution in [0.4, 0.5) is 0 Å². The number of imidazole rings is 1. The highest BCUT2D eigenvalue weighted by Crippen LogP contribution is 2.22. The number of benzene rings is 1. The van der Waals surface area contributed by atoms with Crippen LogP contribution in [-0.4, -0.2) is 35.3 Å². The Bertz CT molecular complexity index is 629. The third kappa shape index (κ3) is 2.10. The molecule has 0 aliphatic carbocycles. The van der Waals surface area contributed by atoms with Crippen LogP contribution in [0.2, 0.25) is 0 Å². The Labute approximate surface area is 111 Å². The summed E-state index contributed by atoms with van der Waals surface area (Å²) in [5.41, 5.74) is 2.39. The monoisotopic (exact) mass is 260 g/mol. The Morgan fingerprint density at radius 2 is 2.37 bits per heavy atom. The minimum atomic E-state index is -0.327. The van der Waals surface area contributed by atoms with E-state index < -0.39 is 0 Å². The average Bonchev–Trinajstić information content (AvgIpc) is 2.67. The molecule has 0 radical (unpaired) electrons. The van der Waals surface area contributed by atoms with E-state index in [1.807, 2.05) is 19.1 Å². The number of hydrogen-bond donors (Lipinski definition) is 0. The lowest BCUT2D eigenvalue weighted by Crippen LogP contribution is -2.31. The highest BCUT2D eigenvalue weighted by atomic mass is 16.5. The number of rotatable bonds is 3. The van der Waals surface area contributed by atoms with Crippen molar-refractivity contribution in [2.75, 3.05) is 13.7 Å². The lowest BCUT2D eigenvalue weighted by atomic mass is 10.1. The first-order valence-electron chi connectivity index (χ1n) is 6.36. The number of methoxy groups -OCH3 is 1. The molecule has 0 spiro atoms. The van der Waals surface area contributed by atoms with Gasteiger partial charge in [-0.1, -0.05) is 0 Å².